The van der Waals surface area contributed by atoms with Gasteiger partial charge in [-0.15, -0.1) is 0 Å². The monoisotopic (exact) mass is 246 g/mol. The van der Waals surface area contributed by atoms with Gasteiger partial charge in [-0.25, -0.2) is 4.79 Å². The van der Waals surface area contributed by atoms with E-state index in [-0.39, 0.29) is 30.2 Å². The highest BCUT2D eigenvalue weighted by atomic mass is 16.2. The third kappa shape index (κ3) is 2.56. The molecule has 0 aliphatic heterocycles. The first kappa shape index (κ1) is 12.3. The molecule has 94 valence electrons. The van der Waals surface area contributed by atoms with Gasteiger partial charge < -0.3 is 0 Å². The van der Waals surface area contributed by atoms with Crippen molar-refractivity contribution in [2.75, 3.05) is 0 Å². The van der Waals surface area contributed by atoms with E-state index in [9.17, 15) is 14.4 Å². The molecule has 0 spiro atoms. The minimum Gasteiger partial charge on any atom is -0.300 e. The van der Waals surface area contributed by atoms with Gasteiger partial charge in [0.05, 0.1) is 5.92 Å². The van der Waals surface area contributed by atoms with Crippen molar-refractivity contribution in [1.82, 2.24) is 9.55 Å². The van der Waals surface area contributed by atoms with E-state index in [1.807, 2.05) is 24.3 Å². The summed E-state index contributed by atoms with van der Waals surface area (Å²) in [4.78, 5) is 36.7. The number of aryl methyl sites for hydroxylation is 2. The topological polar surface area (TPSA) is 71.9 Å². The number of H-pyrrole nitrogens is 1. The normalized spacial score (nSPS) is 14.3. The van der Waals surface area contributed by atoms with Crippen LogP contribution >= 0.6 is 0 Å². The number of carbonyl (C=O) groups excluding carboxylic acids is 1. The van der Waals surface area contributed by atoms with Crippen molar-refractivity contribution in [3.05, 3.63) is 56.9 Å². The van der Waals surface area contributed by atoms with Gasteiger partial charge in [0.1, 0.15) is 5.78 Å². The minimum absolute atomic E-state index is 0.0655. The maximum absolute atomic E-state index is 11.8. The van der Waals surface area contributed by atoms with Crippen LogP contribution in [0.3, 0.4) is 0 Å². The number of hydrogen-bond donors (Lipinski definition) is 1. The van der Waals surface area contributed by atoms with E-state index in [1.54, 1.807) is 6.92 Å². The van der Waals surface area contributed by atoms with E-state index >= 15 is 0 Å². The molecule has 1 aromatic heterocycles. The number of Topliss-reactive ketones (excluding diaryl/α,β-unsaturated/α-hetero) is 1. The van der Waals surface area contributed by atoms with Crippen molar-refractivity contribution in [2.24, 2.45) is 5.92 Å². The maximum Gasteiger partial charge on any atom is 0.328 e. The van der Waals surface area contributed by atoms with Crippen molar-refractivity contribution in [3.63, 3.8) is 0 Å². The summed E-state index contributed by atoms with van der Waals surface area (Å²) >= 11 is 0. The highest BCUT2D eigenvalue weighted by Crippen LogP contribution is 2.12. The molecule has 0 fully saturated rings. The maximum atomic E-state index is 11.8. The van der Waals surface area contributed by atoms with Crippen molar-refractivity contribution in [3.8, 4) is 0 Å². The third-order valence-electron chi connectivity index (χ3n) is 2.91. The molecule has 5 nitrogen and oxygen atoms in total. The second kappa shape index (κ2) is 5.00. The van der Waals surface area contributed by atoms with E-state index < -0.39 is 5.69 Å². The Labute approximate surface area is 103 Å². The van der Waals surface area contributed by atoms with Crippen molar-refractivity contribution >= 4 is 5.78 Å². The first-order valence-electron chi connectivity index (χ1n) is 5.76. The molecule has 0 atom stereocenters. The first-order valence-corrected chi connectivity index (χ1v) is 5.76. The molecule has 0 bridgehead atoms. The number of hydrogen-bond acceptors (Lipinski definition) is 3. The van der Waals surface area contributed by atoms with Crippen molar-refractivity contribution < 1.29 is 4.79 Å². The standard InChI is InChI=1S/C13H14N2O3/c1-9-8-15(13(18)14-12(9)17)7-6-11(16)10-4-2-3-5-10/h2-5,8,10H,6-7H2,1H3,(H,14,17,18). The zero-order valence-electron chi connectivity index (χ0n) is 10.1. The first-order chi connectivity index (χ1) is 8.58. The van der Waals surface area contributed by atoms with Crippen LogP contribution in [0, 0.1) is 12.8 Å². The summed E-state index contributed by atoms with van der Waals surface area (Å²) in [5, 5.41) is 0. The summed E-state index contributed by atoms with van der Waals surface area (Å²) in [6.45, 7) is 1.91. The second-order valence-corrected chi connectivity index (χ2v) is 4.28. The Kier molecular flexibility index (Phi) is 3.41. The van der Waals surface area contributed by atoms with E-state index in [4.69, 9.17) is 0 Å². The molecule has 0 unspecified atom stereocenters. The molecule has 1 aliphatic rings. The molecule has 1 N–H and O–H groups in total. The van der Waals surface area contributed by atoms with Crippen LogP contribution in [0.25, 0.3) is 0 Å². The number of nitrogens with zero attached hydrogens (tertiary/aromatic N) is 1. The summed E-state index contributed by atoms with van der Waals surface area (Å²) in [6, 6.07) is 0. The highest BCUT2D eigenvalue weighted by Gasteiger charge is 2.14. The number of ketones is 1. The van der Waals surface area contributed by atoms with Gasteiger partial charge in [0.15, 0.2) is 0 Å². The smallest absolute Gasteiger partial charge is 0.300 e. The SMILES string of the molecule is Cc1cn(CCC(=O)C2C=CC=C2)c(=O)[nH]c1=O. The lowest BCUT2D eigenvalue weighted by Gasteiger charge is -2.07. The van der Waals surface area contributed by atoms with Crippen LogP contribution in [-0.2, 0) is 11.3 Å². The van der Waals surface area contributed by atoms with E-state index in [2.05, 4.69) is 4.98 Å². The lowest BCUT2D eigenvalue weighted by atomic mass is 10.0. The third-order valence-corrected chi connectivity index (χ3v) is 2.91. The van der Waals surface area contributed by atoms with Gasteiger partial charge in [0.2, 0.25) is 0 Å². The molecule has 5 heteroatoms. The molecular weight excluding hydrogens is 232 g/mol. The quantitative estimate of drug-likeness (QED) is 0.843. The van der Waals surface area contributed by atoms with Crippen molar-refractivity contribution in [2.45, 2.75) is 19.9 Å². The lowest BCUT2D eigenvalue weighted by Crippen LogP contribution is -2.31. The molecule has 0 saturated carbocycles. The molecule has 0 aromatic carbocycles. The van der Waals surface area contributed by atoms with Crippen LogP contribution in [0.5, 0.6) is 0 Å². The zero-order valence-corrected chi connectivity index (χ0v) is 10.1. The fourth-order valence-corrected chi connectivity index (χ4v) is 1.83. The average Bonchev–Trinajstić information content (AvgIpc) is 2.85. The number of allylic oxidation sites excluding steroid dienone is 4. The van der Waals surface area contributed by atoms with Crippen LogP contribution in [-0.4, -0.2) is 15.3 Å². The molecule has 0 saturated heterocycles. The minimum atomic E-state index is -0.476. The number of aromatic amines is 1. The van der Waals surface area contributed by atoms with Gasteiger partial charge in [-0.1, -0.05) is 24.3 Å². The van der Waals surface area contributed by atoms with Crippen LogP contribution < -0.4 is 11.2 Å². The molecule has 0 radical (unpaired) electrons. The number of carbonyl (C=O) groups is 1. The van der Waals surface area contributed by atoms with Crippen LogP contribution in [0.15, 0.2) is 40.1 Å². The van der Waals surface area contributed by atoms with Gasteiger partial charge in [-0.2, -0.15) is 0 Å². The predicted molar refractivity (Wildman–Crippen MR) is 67.5 cm³/mol. The lowest BCUT2D eigenvalue weighted by molar-refractivity contribution is -0.120. The molecule has 18 heavy (non-hydrogen) atoms. The number of aromatic nitrogens is 2. The Balaban J connectivity index is 2.06. The Morgan fingerprint density at radius 2 is 2.00 bits per heavy atom. The predicted octanol–water partition coefficient (Wildman–Crippen LogP) is 0.546. The molecule has 1 heterocycles. The van der Waals surface area contributed by atoms with E-state index in [1.165, 1.54) is 10.8 Å². The zero-order chi connectivity index (χ0) is 13.1. The van der Waals surface area contributed by atoms with Crippen LogP contribution in [0.2, 0.25) is 0 Å². The summed E-state index contributed by atoms with van der Waals surface area (Å²) in [7, 11) is 0. The fraction of sp³-hybridized carbons (Fsp3) is 0.308. The summed E-state index contributed by atoms with van der Waals surface area (Å²) in [5.41, 5.74) is -0.400. The van der Waals surface area contributed by atoms with Gasteiger partial charge in [-0.05, 0) is 6.92 Å². The van der Waals surface area contributed by atoms with Gasteiger partial charge in [0.25, 0.3) is 5.56 Å². The number of rotatable bonds is 4. The Morgan fingerprint density at radius 3 is 2.67 bits per heavy atom. The Bertz CT molecular complexity index is 622. The van der Waals surface area contributed by atoms with Gasteiger partial charge in [0, 0.05) is 24.7 Å². The summed E-state index contributed by atoms with van der Waals surface area (Å²) in [6.07, 6.45) is 9.06. The van der Waals surface area contributed by atoms with Crippen molar-refractivity contribution in [1.29, 1.82) is 0 Å². The molecule has 2 rings (SSSR count). The fourth-order valence-electron chi connectivity index (χ4n) is 1.83. The molecular formula is C13H14N2O3. The number of nitrogens with one attached hydrogen (secondary N) is 1. The summed E-state index contributed by atoms with van der Waals surface area (Å²) < 4.78 is 1.36. The van der Waals surface area contributed by atoms with E-state index in [0.717, 1.165) is 0 Å². The Morgan fingerprint density at radius 1 is 1.33 bits per heavy atom. The van der Waals surface area contributed by atoms with Crippen LogP contribution in [0.1, 0.15) is 12.0 Å². The Hall–Kier alpha value is -2.17. The molecule has 1 aromatic rings. The largest absolute Gasteiger partial charge is 0.328 e. The highest BCUT2D eigenvalue weighted by molar-refractivity contribution is 5.85. The molecule has 0 amide bonds. The molecule has 1 aliphatic carbocycles. The van der Waals surface area contributed by atoms with Crippen LogP contribution in [0.4, 0.5) is 0 Å². The van der Waals surface area contributed by atoms with E-state index in [0.29, 0.717) is 5.56 Å². The second-order valence-electron chi connectivity index (χ2n) is 4.28. The summed E-state index contributed by atoms with van der Waals surface area (Å²) in [5.74, 6) is -0.111. The van der Waals surface area contributed by atoms with Gasteiger partial charge in [-0.3, -0.25) is 19.1 Å². The van der Waals surface area contributed by atoms with Gasteiger partial charge >= 0.3 is 5.69 Å². The average molecular weight is 246 g/mol.